The van der Waals surface area contributed by atoms with Crippen LogP contribution in [-0.4, -0.2) is 14.1 Å². The predicted octanol–water partition coefficient (Wildman–Crippen LogP) is 2.22. The zero-order valence-electron chi connectivity index (χ0n) is 11.9. The lowest BCUT2D eigenvalue weighted by molar-refractivity contribution is 0.920. The van der Waals surface area contributed by atoms with E-state index in [2.05, 4.69) is 4.98 Å². The first-order valence-corrected chi connectivity index (χ1v) is 6.98. The summed E-state index contributed by atoms with van der Waals surface area (Å²) >= 11 is 0. The van der Waals surface area contributed by atoms with Gasteiger partial charge in [0, 0.05) is 6.20 Å². The monoisotopic (exact) mass is 291 g/mol. The fraction of sp³-hybridized carbons (Fsp3) is 0.0588. The van der Waals surface area contributed by atoms with Crippen LogP contribution in [0.15, 0.2) is 64.3 Å². The Morgan fingerprint density at radius 3 is 2.59 bits per heavy atom. The van der Waals surface area contributed by atoms with Crippen molar-refractivity contribution in [1.29, 1.82) is 0 Å². The van der Waals surface area contributed by atoms with Crippen LogP contribution in [0.2, 0.25) is 0 Å². The van der Waals surface area contributed by atoms with E-state index in [-0.39, 0.29) is 11.2 Å². The Hall–Kier alpha value is -3.08. The van der Waals surface area contributed by atoms with Gasteiger partial charge in [-0.2, -0.15) is 0 Å². The van der Waals surface area contributed by atoms with Gasteiger partial charge in [0.1, 0.15) is 5.69 Å². The van der Waals surface area contributed by atoms with Crippen LogP contribution in [0.1, 0.15) is 5.56 Å². The Morgan fingerprint density at radius 2 is 1.77 bits per heavy atom. The molecule has 2 aromatic carbocycles. The van der Waals surface area contributed by atoms with E-state index in [1.165, 1.54) is 9.13 Å². The Kier molecular flexibility index (Phi) is 2.56. The van der Waals surface area contributed by atoms with Gasteiger partial charge in [0.05, 0.1) is 16.7 Å². The highest BCUT2D eigenvalue weighted by molar-refractivity contribution is 5.77. The molecule has 0 spiro atoms. The van der Waals surface area contributed by atoms with Gasteiger partial charge in [0.2, 0.25) is 0 Å². The lowest BCUT2D eigenvalue weighted by atomic mass is 10.2. The second kappa shape index (κ2) is 4.46. The number of fused-ring (bicyclic) bond motifs is 3. The number of H-pyrrole nitrogens is 1. The number of nitrogens with one attached hydrogen (secondary N) is 1. The van der Waals surface area contributed by atoms with E-state index in [0.717, 1.165) is 11.1 Å². The summed E-state index contributed by atoms with van der Waals surface area (Å²) in [6, 6.07) is 14.8. The van der Waals surface area contributed by atoms with Crippen LogP contribution in [0.3, 0.4) is 0 Å². The summed E-state index contributed by atoms with van der Waals surface area (Å²) < 4.78 is 2.67. The van der Waals surface area contributed by atoms with Gasteiger partial charge in [0.25, 0.3) is 5.56 Å². The Morgan fingerprint density at radius 1 is 0.955 bits per heavy atom. The molecule has 0 unspecified atom stereocenters. The number of benzene rings is 2. The molecule has 0 radical (unpaired) electrons. The number of para-hydroxylation sites is 2. The first kappa shape index (κ1) is 12.6. The molecular formula is C17H13N3O2. The Balaban J connectivity index is 2.18. The van der Waals surface area contributed by atoms with Crippen molar-refractivity contribution in [1.82, 2.24) is 14.1 Å². The molecule has 0 fully saturated rings. The molecule has 0 atom stereocenters. The van der Waals surface area contributed by atoms with Crippen molar-refractivity contribution in [3.05, 3.63) is 81.1 Å². The fourth-order valence-corrected chi connectivity index (χ4v) is 2.79. The molecule has 5 heteroatoms. The van der Waals surface area contributed by atoms with E-state index in [9.17, 15) is 9.59 Å². The topological polar surface area (TPSA) is 59.8 Å². The molecule has 0 bridgehead atoms. The van der Waals surface area contributed by atoms with E-state index in [1.807, 2.05) is 49.4 Å². The maximum atomic E-state index is 12.8. The molecule has 5 nitrogen and oxygen atoms in total. The largest absolute Gasteiger partial charge is 0.358 e. The van der Waals surface area contributed by atoms with Crippen molar-refractivity contribution >= 4 is 11.0 Å². The van der Waals surface area contributed by atoms with Crippen molar-refractivity contribution in [2.24, 2.45) is 0 Å². The molecule has 2 heterocycles. The number of nitrogens with zero attached hydrogens (tertiary/aromatic N) is 2. The van der Waals surface area contributed by atoms with Crippen molar-refractivity contribution in [2.75, 3.05) is 0 Å². The summed E-state index contributed by atoms with van der Waals surface area (Å²) in [5.74, 6) is 0. The molecule has 108 valence electrons. The Bertz CT molecular complexity index is 1080. The first-order valence-electron chi connectivity index (χ1n) is 6.98. The van der Waals surface area contributed by atoms with Crippen molar-refractivity contribution in [3.8, 4) is 11.4 Å². The van der Waals surface area contributed by atoms with E-state index in [1.54, 1.807) is 12.3 Å². The number of hydrogen-bond acceptors (Lipinski definition) is 2. The quantitative estimate of drug-likeness (QED) is 0.584. The maximum absolute atomic E-state index is 12.8. The minimum Gasteiger partial charge on any atom is -0.358 e. The molecule has 0 aromatic heterocycles. The van der Waals surface area contributed by atoms with Gasteiger partial charge < -0.3 is 4.98 Å². The number of aromatic nitrogens is 3. The molecule has 1 N–H and O–H groups in total. The van der Waals surface area contributed by atoms with E-state index in [4.69, 9.17) is 0 Å². The highest BCUT2D eigenvalue weighted by atomic mass is 16.2. The van der Waals surface area contributed by atoms with Crippen molar-refractivity contribution < 1.29 is 0 Å². The third kappa shape index (κ3) is 1.65. The van der Waals surface area contributed by atoms with Crippen molar-refractivity contribution in [3.63, 3.8) is 0 Å². The minimum atomic E-state index is -0.351. The number of imidazole rings is 1. The average molecular weight is 291 g/mol. The van der Waals surface area contributed by atoms with Gasteiger partial charge in [0.15, 0.2) is 0 Å². The Labute approximate surface area is 125 Å². The molecule has 2 aromatic rings. The summed E-state index contributed by atoms with van der Waals surface area (Å²) in [7, 11) is 0. The molecule has 0 saturated carbocycles. The van der Waals surface area contributed by atoms with E-state index < -0.39 is 0 Å². The predicted molar refractivity (Wildman–Crippen MR) is 85.4 cm³/mol. The second-order valence-electron chi connectivity index (χ2n) is 5.29. The van der Waals surface area contributed by atoms with Crippen LogP contribution in [0.4, 0.5) is 0 Å². The SMILES string of the molecule is Cc1cccc(-n2c(=O)c3c[nH]c4ccccc4n-3c2=O)c1. The van der Waals surface area contributed by atoms with Gasteiger partial charge in [-0.25, -0.2) is 9.36 Å². The first-order chi connectivity index (χ1) is 10.7. The highest BCUT2D eigenvalue weighted by Crippen LogP contribution is 2.15. The van der Waals surface area contributed by atoms with Crippen LogP contribution >= 0.6 is 0 Å². The van der Waals surface area contributed by atoms with Crippen LogP contribution < -0.4 is 11.2 Å². The summed E-state index contributed by atoms with van der Waals surface area (Å²) in [6.07, 6.45) is 1.58. The minimum absolute atomic E-state index is 0.322. The molecule has 2 aliphatic heterocycles. The van der Waals surface area contributed by atoms with Gasteiger partial charge in [-0.15, -0.1) is 0 Å². The molecule has 4 rings (SSSR count). The molecule has 0 amide bonds. The normalized spacial score (nSPS) is 11.3. The summed E-state index contributed by atoms with van der Waals surface area (Å²) in [6.45, 7) is 1.93. The van der Waals surface area contributed by atoms with Crippen LogP contribution in [0.25, 0.3) is 22.4 Å². The molecule has 0 aliphatic carbocycles. The van der Waals surface area contributed by atoms with Crippen molar-refractivity contribution in [2.45, 2.75) is 6.92 Å². The van der Waals surface area contributed by atoms with Gasteiger partial charge in [-0.3, -0.25) is 9.36 Å². The third-order valence-corrected chi connectivity index (χ3v) is 3.81. The lowest BCUT2D eigenvalue weighted by Crippen LogP contribution is -2.25. The van der Waals surface area contributed by atoms with Crippen LogP contribution in [0.5, 0.6) is 0 Å². The zero-order valence-corrected chi connectivity index (χ0v) is 11.9. The zero-order chi connectivity index (χ0) is 15.3. The average Bonchev–Trinajstić information content (AvgIpc) is 2.79. The number of hydrogen-bond donors (Lipinski definition) is 1. The fourth-order valence-electron chi connectivity index (χ4n) is 2.79. The highest BCUT2D eigenvalue weighted by Gasteiger charge is 2.20. The summed E-state index contributed by atoms with van der Waals surface area (Å²) in [5, 5.41) is 0. The smallest absolute Gasteiger partial charge is 0.341 e. The van der Waals surface area contributed by atoms with Crippen LogP contribution in [-0.2, 0) is 0 Å². The molecular weight excluding hydrogens is 278 g/mol. The molecule has 0 saturated heterocycles. The number of rotatable bonds is 1. The molecule has 22 heavy (non-hydrogen) atoms. The van der Waals surface area contributed by atoms with Crippen LogP contribution in [0, 0.1) is 6.92 Å². The van der Waals surface area contributed by atoms with E-state index in [0.29, 0.717) is 16.9 Å². The summed E-state index contributed by atoms with van der Waals surface area (Å²) in [4.78, 5) is 28.5. The second-order valence-corrected chi connectivity index (χ2v) is 5.29. The maximum Gasteiger partial charge on any atom is 0.341 e. The third-order valence-electron chi connectivity index (χ3n) is 3.81. The lowest BCUT2D eigenvalue weighted by Gasteiger charge is -2.05. The van der Waals surface area contributed by atoms with Gasteiger partial charge in [-0.1, -0.05) is 24.3 Å². The standard InChI is InChI=1S/C17H13N3O2/c1-11-5-4-6-12(9-11)19-16(21)15-10-18-13-7-2-3-8-14(13)20(15)17(19)22/h2-10,18H,1H3. The van der Waals surface area contributed by atoms with E-state index >= 15 is 0 Å². The van der Waals surface area contributed by atoms with Gasteiger partial charge >= 0.3 is 5.69 Å². The number of aryl methyl sites for hydroxylation is 1. The van der Waals surface area contributed by atoms with Gasteiger partial charge in [-0.05, 0) is 36.8 Å². The molecule has 2 aliphatic rings. The number of aromatic amines is 1. The summed E-state index contributed by atoms with van der Waals surface area (Å²) in [5.41, 5.74) is 2.74.